The molecule has 0 radical (unpaired) electrons. The van der Waals surface area contributed by atoms with Crippen molar-refractivity contribution in [1.82, 2.24) is 5.32 Å². The van der Waals surface area contributed by atoms with E-state index in [0.29, 0.717) is 28.8 Å². The SMILES string of the molecule is COCCNC(=O)/C=C/c1c(Cl)cccc1Cl. The molecule has 0 unspecified atom stereocenters. The second kappa shape index (κ2) is 7.33. The molecule has 1 amide bonds. The molecule has 92 valence electrons. The van der Waals surface area contributed by atoms with Gasteiger partial charge in [-0.25, -0.2) is 0 Å². The molecule has 0 aliphatic heterocycles. The van der Waals surface area contributed by atoms with E-state index >= 15 is 0 Å². The van der Waals surface area contributed by atoms with Crippen LogP contribution in [0.5, 0.6) is 0 Å². The molecule has 0 spiro atoms. The monoisotopic (exact) mass is 273 g/mol. The van der Waals surface area contributed by atoms with Crippen LogP contribution in [0.2, 0.25) is 10.0 Å². The zero-order valence-electron chi connectivity index (χ0n) is 9.37. The Morgan fingerprint density at radius 3 is 2.65 bits per heavy atom. The van der Waals surface area contributed by atoms with Crippen LogP contribution in [0.15, 0.2) is 24.3 Å². The lowest BCUT2D eigenvalue weighted by Crippen LogP contribution is -2.24. The third-order valence-corrected chi connectivity index (χ3v) is 2.67. The van der Waals surface area contributed by atoms with Gasteiger partial charge in [0.25, 0.3) is 0 Å². The number of amides is 1. The Labute approximate surface area is 110 Å². The fourth-order valence-electron chi connectivity index (χ4n) is 1.16. The molecule has 0 saturated heterocycles. The summed E-state index contributed by atoms with van der Waals surface area (Å²) >= 11 is 11.9. The minimum atomic E-state index is -0.210. The van der Waals surface area contributed by atoms with Gasteiger partial charge in [0.2, 0.25) is 5.91 Å². The van der Waals surface area contributed by atoms with Crippen molar-refractivity contribution < 1.29 is 9.53 Å². The first-order chi connectivity index (χ1) is 8.15. The van der Waals surface area contributed by atoms with Crippen LogP contribution >= 0.6 is 23.2 Å². The topological polar surface area (TPSA) is 38.3 Å². The Morgan fingerprint density at radius 2 is 2.06 bits per heavy atom. The molecule has 0 saturated carbocycles. The summed E-state index contributed by atoms with van der Waals surface area (Å²) in [6.45, 7) is 0.947. The van der Waals surface area contributed by atoms with Crippen molar-refractivity contribution >= 4 is 35.2 Å². The third kappa shape index (κ3) is 4.77. The summed E-state index contributed by atoms with van der Waals surface area (Å²) in [5.74, 6) is -0.210. The Kier molecular flexibility index (Phi) is 6.05. The highest BCUT2D eigenvalue weighted by Gasteiger charge is 2.02. The highest BCUT2D eigenvalue weighted by atomic mass is 35.5. The van der Waals surface area contributed by atoms with Crippen LogP contribution in [0, 0.1) is 0 Å². The van der Waals surface area contributed by atoms with E-state index in [4.69, 9.17) is 27.9 Å². The van der Waals surface area contributed by atoms with Gasteiger partial charge >= 0.3 is 0 Å². The van der Waals surface area contributed by atoms with Crippen LogP contribution in [0.4, 0.5) is 0 Å². The van der Waals surface area contributed by atoms with Crippen LogP contribution in [-0.4, -0.2) is 26.2 Å². The fourth-order valence-corrected chi connectivity index (χ4v) is 1.69. The van der Waals surface area contributed by atoms with E-state index in [1.54, 1.807) is 31.4 Å². The van der Waals surface area contributed by atoms with Crippen molar-refractivity contribution in [3.8, 4) is 0 Å². The van der Waals surface area contributed by atoms with Crippen LogP contribution in [0.3, 0.4) is 0 Å². The van der Waals surface area contributed by atoms with Gasteiger partial charge in [0.15, 0.2) is 0 Å². The Hall–Kier alpha value is -1.03. The van der Waals surface area contributed by atoms with Gasteiger partial charge in [-0.3, -0.25) is 4.79 Å². The zero-order valence-corrected chi connectivity index (χ0v) is 10.9. The number of methoxy groups -OCH3 is 1. The second-order valence-electron chi connectivity index (χ2n) is 3.25. The van der Waals surface area contributed by atoms with Crippen LogP contribution in [-0.2, 0) is 9.53 Å². The summed E-state index contributed by atoms with van der Waals surface area (Å²) in [6, 6.07) is 5.19. The van der Waals surface area contributed by atoms with E-state index in [2.05, 4.69) is 5.32 Å². The molecule has 0 heterocycles. The predicted octanol–water partition coefficient (Wildman–Crippen LogP) is 2.77. The van der Waals surface area contributed by atoms with Crippen molar-refractivity contribution in [2.75, 3.05) is 20.3 Å². The molecule has 0 fully saturated rings. The van der Waals surface area contributed by atoms with Gasteiger partial charge in [-0.2, -0.15) is 0 Å². The van der Waals surface area contributed by atoms with Gasteiger partial charge in [0, 0.05) is 35.3 Å². The maximum atomic E-state index is 11.4. The second-order valence-corrected chi connectivity index (χ2v) is 4.07. The number of halogens is 2. The highest BCUT2D eigenvalue weighted by molar-refractivity contribution is 6.37. The van der Waals surface area contributed by atoms with Crippen molar-refractivity contribution in [2.24, 2.45) is 0 Å². The Bertz CT molecular complexity index is 399. The van der Waals surface area contributed by atoms with Gasteiger partial charge in [0.05, 0.1) is 6.61 Å². The Morgan fingerprint density at radius 1 is 1.41 bits per heavy atom. The molecule has 17 heavy (non-hydrogen) atoms. The van der Waals surface area contributed by atoms with E-state index in [-0.39, 0.29) is 5.91 Å². The molecule has 1 N–H and O–H groups in total. The first kappa shape index (κ1) is 14.0. The number of benzene rings is 1. The van der Waals surface area contributed by atoms with E-state index in [9.17, 15) is 4.79 Å². The first-order valence-electron chi connectivity index (χ1n) is 5.04. The fraction of sp³-hybridized carbons (Fsp3) is 0.250. The van der Waals surface area contributed by atoms with Crippen LogP contribution in [0.1, 0.15) is 5.56 Å². The number of carbonyl (C=O) groups is 1. The minimum Gasteiger partial charge on any atom is -0.383 e. The van der Waals surface area contributed by atoms with Gasteiger partial charge in [0.1, 0.15) is 0 Å². The van der Waals surface area contributed by atoms with Gasteiger partial charge in [-0.1, -0.05) is 29.3 Å². The molecular weight excluding hydrogens is 261 g/mol. The number of hydrogen-bond acceptors (Lipinski definition) is 2. The van der Waals surface area contributed by atoms with Crippen molar-refractivity contribution in [2.45, 2.75) is 0 Å². The molecule has 3 nitrogen and oxygen atoms in total. The zero-order chi connectivity index (χ0) is 12.7. The Balaban J connectivity index is 2.61. The summed E-state index contributed by atoms with van der Waals surface area (Å²) in [5.41, 5.74) is 0.637. The highest BCUT2D eigenvalue weighted by Crippen LogP contribution is 2.25. The number of carbonyl (C=O) groups excluding carboxylic acids is 1. The first-order valence-corrected chi connectivity index (χ1v) is 5.79. The van der Waals surface area contributed by atoms with Crippen LogP contribution in [0.25, 0.3) is 6.08 Å². The maximum Gasteiger partial charge on any atom is 0.244 e. The molecule has 0 bridgehead atoms. The third-order valence-electron chi connectivity index (χ3n) is 2.01. The van der Waals surface area contributed by atoms with E-state index in [1.807, 2.05) is 0 Å². The smallest absolute Gasteiger partial charge is 0.244 e. The summed E-state index contributed by atoms with van der Waals surface area (Å²) in [5, 5.41) is 3.68. The summed E-state index contributed by atoms with van der Waals surface area (Å²) in [7, 11) is 1.57. The largest absolute Gasteiger partial charge is 0.383 e. The molecule has 5 heteroatoms. The maximum absolute atomic E-state index is 11.4. The summed E-state index contributed by atoms with van der Waals surface area (Å²) < 4.78 is 4.81. The molecular formula is C12H13Cl2NO2. The van der Waals surface area contributed by atoms with E-state index < -0.39 is 0 Å². The normalized spacial score (nSPS) is 10.8. The van der Waals surface area contributed by atoms with E-state index in [1.165, 1.54) is 6.08 Å². The minimum absolute atomic E-state index is 0.210. The lowest BCUT2D eigenvalue weighted by molar-refractivity contribution is -0.116. The number of hydrogen-bond donors (Lipinski definition) is 1. The van der Waals surface area contributed by atoms with Crippen LogP contribution < -0.4 is 5.32 Å². The van der Waals surface area contributed by atoms with Crippen molar-refractivity contribution in [3.05, 3.63) is 39.9 Å². The molecule has 1 aromatic carbocycles. The standard InChI is InChI=1S/C12H13Cl2NO2/c1-17-8-7-15-12(16)6-5-9-10(13)3-2-4-11(9)14/h2-6H,7-8H2,1H3,(H,15,16)/b6-5+. The summed E-state index contributed by atoms with van der Waals surface area (Å²) in [4.78, 5) is 11.4. The molecule has 0 atom stereocenters. The van der Waals surface area contributed by atoms with Crippen molar-refractivity contribution in [1.29, 1.82) is 0 Å². The molecule has 0 aromatic heterocycles. The number of rotatable bonds is 5. The van der Waals surface area contributed by atoms with E-state index in [0.717, 1.165) is 0 Å². The van der Waals surface area contributed by atoms with Gasteiger partial charge in [-0.15, -0.1) is 0 Å². The molecule has 0 aliphatic carbocycles. The number of nitrogens with one attached hydrogen (secondary N) is 1. The molecule has 1 rings (SSSR count). The lowest BCUT2D eigenvalue weighted by Gasteiger charge is -2.02. The lowest BCUT2D eigenvalue weighted by atomic mass is 10.2. The van der Waals surface area contributed by atoms with Crippen molar-refractivity contribution in [3.63, 3.8) is 0 Å². The average molecular weight is 274 g/mol. The predicted molar refractivity (Wildman–Crippen MR) is 70.4 cm³/mol. The molecule has 0 aliphatic rings. The van der Waals surface area contributed by atoms with Gasteiger partial charge in [-0.05, 0) is 18.2 Å². The van der Waals surface area contributed by atoms with Gasteiger partial charge < -0.3 is 10.1 Å². The average Bonchev–Trinajstić information content (AvgIpc) is 2.29. The number of ether oxygens (including phenoxy) is 1. The quantitative estimate of drug-likeness (QED) is 0.662. The molecule has 1 aromatic rings. The summed E-state index contributed by atoms with van der Waals surface area (Å²) in [6.07, 6.45) is 2.98.